The van der Waals surface area contributed by atoms with Crippen molar-refractivity contribution in [2.75, 3.05) is 14.2 Å². The quantitative estimate of drug-likeness (QED) is 0.634. The van der Waals surface area contributed by atoms with Crippen LogP contribution < -0.4 is 14.8 Å². The number of hydrogen-bond acceptors (Lipinski definition) is 3. The Morgan fingerprint density at radius 2 is 1.50 bits per heavy atom. The Labute approximate surface area is 166 Å². The van der Waals surface area contributed by atoms with Gasteiger partial charge in [-0.3, -0.25) is 4.79 Å². The minimum Gasteiger partial charge on any atom is -0.493 e. The van der Waals surface area contributed by atoms with Crippen LogP contribution in [0.3, 0.4) is 0 Å². The highest BCUT2D eigenvalue weighted by molar-refractivity contribution is 5.95. The Morgan fingerprint density at radius 3 is 2.25 bits per heavy atom. The number of hydrogen-bond donors (Lipinski definition) is 1. The summed E-state index contributed by atoms with van der Waals surface area (Å²) < 4.78 is 10.6. The van der Waals surface area contributed by atoms with Crippen molar-refractivity contribution >= 4 is 5.91 Å². The third-order valence-electron chi connectivity index (χ3n) is 4.69. The standard InChI is InChI=1S/C24H25NO3/c1-27-22-15-13-19(16-23(22)28-2)17-25-24(26)21-11-7-6-10-20(21)14-12-18-8-4-3-5-9-18/h3-11,13,15-16H,12,14,17H2,1-2H3,(H,25,26). The van der Waals surface area contributed by atoms with E-state index in [0.29, 0.717) is 18.0 Å². The smallest absolute Gasteiger partial charge is 0.251 e. The molecule has 1 N–H and O–H groups in total. The normalized spacial score (nSPS) is 10.4. The predicted octanol–water partition coefficient (Wildman–Crippen LogP) is 4.42. The van der Waals surface area contributed by atoms with Crippen LogP contribution in [0, 0.1) is 0 Å². The van der Waals surface area contributed by atoms with Gasteiger partial charge in [-0.2, -0.15) is 0 Å². The molecule has 0 saturated heterocycles. The van der Waals surface area contributed by atoms with Crippen molar-refractivity contribution in [1.29, 1.82) is 0 Å². The molecule has 0 atom stereocenters. The van der Waals surface area contributed by atoms with E-state index >= 15 is 0 Å². The SMILES string of the molecule is COc1ccc(CNC(=O)c2ccccc2CCc2ccccc2)cc1OC. The fraction of sp³-hybridized carbons (Fsp3) is 0.208. The van der Waals surface area contributed by atoms with Gasteiger partial charge < -0.3 is 14.8 Å². The monoisotopic (exact) mass is 375 g/mol. The van der Waals surface area contributed by atoms with Crippen LogP contribution in [0.4, 0.5) is 0 Å². The van der Waals surface area contributed by atoms with Gasteiger partial charge in [-0.25, -0.2) is 0 Å². The van der Waals surface area contributed by atoms with Gasteiger partial charge in [-0.1, -0.05) is 54.6 Å². The zero-order chi connectivity index (χ0) is 19.8. The first-order valence-corrected chi connectivity index (χ1v) is 9.32. The van der Waals surface area contributed by atoms with Gasteiger partial charge in [-0.15, -0.1) is 0 Å². The lowest BCUT2D eigenvalue weighted by molar-refractivity contribution is 0.0950. The molecule has 0 aliphatic heterocycles. The molecule has 0 fully saturated rings. The van der Waals surface area contributed by atoms with Crippen LogP contribution in [0.15, 0.2) is 72.8 Å². The van der Waals surface area contributed by atoms with Crippen LogP contribution in [0.2, 0.25) is 0 Å². The van der Waals surface area contributed by atoms with Crippen molar-refractivity contribution in [2.45, 2.75) is 19.4 Å². The molecule has 3 aromatic carbocycles. The highest BCUT2D eigenvalue weighted by Gasteiger charge is 2.11. The van der Waals surface area contributed by atoms with Crippen molar-refractivity contribution in [1.82, 2.24) is 5.32 Å². The van der Waals surface area contributed by atoms with E-state index < -0.39 is 0 Å². The highest BCUT2D eigenvalue weighted by atomic mass is 16.5. The molecule has 28 heavy (non-hydrogen) atoms. The molecule has 0 aromatic heterocycles. The molecule has 144 valence electrons. The molecular formula is C24H25NO3. The number of methoxy groups -OCH3 is 2. The number of benzene rings is 3. The van der Waals surface area contributed by atoms with Gasteiger partial charge >= 0.3 is 0 Å². The second-order valence-corrected chi connectivity index (χ2v) is 6.51. The van der Waals surface area contributed by atoms with Crippen LogP contribution in [-0.4, -0.2) is 20.1 Å². The first kappa shape index (κ1) is 19.5. The lowest BCUT2D eigenvalue weighted by Gasteiger charge is -2.12. The van der Waals surface area contributed by atoms with Crippen molar-refractivity contribution in [3.8, 4) is 11.5 Å². The maximum absolute atomic E-state index is 12.8. The summed E-state index contributed by atoms with van der Waals surface area (Å²) in [7, 11) is 3.20. The summed E-state index contributed by atoms with van der Waals surface area (Å²) in [6, 6.07) is 23.7. The van der Waals surface area contributed by atoms with Crippen molar-refractivity contribution in [3.05, 3.63) is 95.1 Å². The molecule has 0 radical (unpaired) electrons. The summed E-state index contributed by atoms with van der Waals surface area (Å²) in [4.78, 5) is 12.8. The second kappa shape index (κ2) is 9.60. The molecule has 1 amide bonds. The van der Waals surface area contributed by atoms with E-state index in [1.165, 1.54) is 5.56 Å². The Bertz CT molecular complexity index is 922. The molecule has 4 heteroatoms. The van der Waals surface area contributed by atoms with Gasteiger partial charge in [0.25, 0.3) is 5.91 Å². The molecule has 3 rings (SSSR count). The van der Waals surface area contributed by atoms with Crippen LogP contribution in [0.5, 0.6) is 11.5 Å². The van der Waals surface area contributed by atoms with E-state index in [-0.39, 0.29) is 5.91 Å². The van der Waals surface area contributed by atoms with Crippen LogP contribution in [-0.2, 0) is 19.4 Å². The molecule has 0 aliphatic carbocycles. The Hall–Kier alpha value is -3.27. The lowest BCUT2D eigenvalue weighted by atomic mass is 9.99. The topological polar surface area (TPSA) is 47.6 Å². The number of carbonyl (C=O) groups is 1. The number of aryl methyl sites for hydroxylation is 2. The zero-order valence-electron chi connectivity index (χ0n) is 16.3. The van der Waals surface area contributed by atoms with Crippen LogP contribution >= 0.6 is 0 Å². The summed E-state index contributed by atoms with van der Waals surface area (Å²) in [5, 5.41) is 3.01. The predicted molar refractivity (Wildman–Crippen MR) is 111 cm³/mol. The van der Waals surface area contributed by atoms with E-state index in [1.807, 2.05) is 60.7 Å². The highest BCUT2D eigenvalue weighted by Crippen LogP contribution is 2.27. The Kier molecular flexibility index (Phi) is 6.68. The number of ether oxygens (including phenoxy) is 2. The van der Waals surface area contributed by atoms with E-state index in [2.05, 4.69) is 17.4 Å². The second-order valence-electron chi connectivity index (χ2n) is 6.51. The Morgan fingerprint density at radius 1 is 0.786 bits per heavy atom. The summed E-state index contributed by atoms with van der Waals surface area (Å²) in [5.74, 6) is 1.25. The van der Waals surface area contributed by atoms with Crippen LogP contribution in [0.25, 0.3) is 0 Å². The maximum atomic E-state index is 12.8. The number of carbonyl (C=O) groups excluding carboxylic acids is 1. The summed E-state index contributed by atoms with van der Waals surface area (Å²) in [6.45, 7) is 0.423. The number of nitrogens with one attached hydrogen (secondary N) is 1. The summed E-state index contributed by atoms with van der Waals surface area (Å²) in [6.07, 6.45) is 1.73. The molecule has 4 nitrogen and oxygen atoms in total. The average Bonchev–Trinajstić information content (AvgIpc) is 2.76. The summed E-state index contributed by atoms with van der Waals surface area (Å²) >= 11 is 0. The van der Waals surface area contributed by atoms with Crippen molar-refractivity contribution < 1.29 is 14.3 Å². The minimum absolute atomic E-state index is 0.0709. The average molecular weight is 375 g/mol. The van der Waals surface area contributed by atoms with Gasteiger partial charge in [0.1, 0.15) is 0 Å². The largest absolute Gasteiger partial charge is 0.493 e. The molecule has 0 heterocycles. The molecule has 0 bridgehead atoms. The molecule has 0 spiro atoms. The molecule has 0 aliphatic rings. The van der Waals surface area contributed by atoms with Gasteiger partial charge in [0.2, 0.25) is 0 Å². The summed E-state index contributed by atoms with van der Waals surface area (Å²) in [5.41, 5.74) is 3.99. The third-order valence-corrected chi connectivity index (χ3v) is 4.69. The molecule has 0 unspecified atom stereocenters. The molecule has 3 aromatic rings. The maximum Gasteiger partial charge on any atom is 0.251 e. The number of amides is 1. The molecule has 0 saturated carbocycles. The minimum atomic E-state index is -0.0709. The van der Waals surface area contributed by atoms with E-state index in [1.54, 1.807) is 14.2 Å². The first-order chi connectivity index (χ1) is 13.7. The zero-order valence-corrected chi connectivity index (χ0v) is 16.3. The van der Waals surface area contributed by atoms with Gasteiger partial charge in [-0.05, 0) is 47.7 Å². The van der Waals surface area contributed by atoms with E-state index in [0.717, 1.165) is 29.5 Å². The number of rotatable bonds is 8. The van der Waals surface area contributed by atoms with Gasteiger partial charge in [0.05, 0.1) is 14.2 Å². The third kappa shape index (κ3) is 4.92. The van der Waals surface area contributed by atoms with E-state index in [9.17, 15) is 4.79 Å². The van der Waals surface area contributed by atoms with Crippen molar-refractivity contribution in [2.24, 2.45) is 0 Å². The molecular weight excluding hydrogens is 350 g/mol. The first-order valence-electron chi connectivity index (χ1n) is 9.32. The van der Waals surface area contributed by atoms with Gasteiger partial charge in [0.15, 0.2) is 11.5 Å². The van der Waals surface area contributed by atoms with Gasteiger partial charge in [0, 0.05) is 12.1 Å². The lowest BCUT2D eigenvalue weighted by Crippen LogP contribution is -2.24. The fourth-order valence-corrected chi connectivity index (χ4v) is 3.15. The fourth-order valence-electron chi connectivity index (χ4n) is 3.15. The van der Waals surface area contributed by atoms with Crippen molar-refractivity contribution in [3.63, 3.8) is 0 Å². The van der Waals surface area contributed by atoms with E-state index in [4.69, 9.17) is 9.47 Å². The van der Waals surface area contributed by atoms with Crippen LogP contribution in [0.1, 0.15) is 27.0 Å². The Balaban J connectivity index is 1.66.